The lowest BCUT2D eigenvalue weighted by Crippen LogP contribution is -2.17. The average Bonchev–Trinajstić information content (AvgIpc) is 2.91. The molecular formula is C16H19BrN2OS. The Kier molecular flexibility index (Phi) is 5.96. The van der Waals surface area contributed by atoms with Crippen molar-refractivity contribution in [1.82, 2.24) is 5.32 Å². The quantitative estimate of drug-likeness (QED) is 0.776. The summed E-state index contributed by atoms with van der Waals surface area (Å²) in [5, 5.41) is 8.50. The van der Waals surface area contributed by atoms with E-state index >= 15 is 0 Å². The van der Waals surface area contributed by atoms with Gasteiger partial charge in [0.05, 0.1) is 3.79 Å². The lowest BCUT2D eigenvalue weighted by Gasteiger charge is -2.14. The summed E-state index contributed by atoms with van der Waals surface area (Å²) in [4.78, 5) is 11.3. The first-order chi connectivity index (χ1) is 10.1. The van der Waals surface area contributed by atoms with Crippen LogP contribution in [-0.4, -0.2) is 5.91 Å². The highest BCUT2D eigenvalue weighted by Gasteiger charge is 2.06. The van der Waals surface area contributed by atoms with Gasteiger partial charge >= 0.3 is 0 Å². The third kappa shape index (κ3) is 4.95. The maximum absolute atomic E-state index is 11.3. The van der Waals surface area contributed by atoms with Gasteiger partial charge < -0.3 is 10.6 Å². The van der Waals surface area contributed by atoms with Gasteiger partial charge in [-0.1, -0.05) is 19.1 Å². The Morgan fingerprint density at radius 3 is 2.62 bits per heavy atom. The maximum atomic E-state index is 11.3. The first-order valence-corrected chi connectivity index (χ1v) is 8.62. The number of amides is 1. The topological polar surface area (TPSA) is 41.1 Å². The standard InChI is InChI=1S/C16H19BrN2OS/c1-3-16(20)19-14-6-4-13(5-7-14)11(2)18-9-12-8-15(17)21-10-12/h4-8,10-11,18H,3,9H2,1-2H3,(H,19,20)/t11-/m1/s1. The molecule has 1 aromatic carbocycles. The van der Waals surface area contributed by atoms with Gasteiger partial charge in [-0.05, 0) is 57.6 Å². The van der Waals surface area contributed by atoms with Crippen LogP contribution in [0.1, 0.15) is 37.4 Å². The van der Waals surface area contributed by atoms with Crippen molar-refractivity contribution in [3.8, 4) is 0 Å². The monoisotopic (exact) mass is 366 g/mol. The summed E-state index contributed by atoms with van der Waals surface area (Å²) < 4.78 is 1.16. The molecule has 0 bridgehead atoms. The first kappa shape index (κ1) is 16.2. The molecule has 112 valence electrons. The molecule has 0 saturated heterocycles. The van der Waals surface area contributed by atoms with E-state index in [1.807, 2.05) is 31.2 Å². The van der Waals surface area contributed by atoms with Crippen LogP contribution in [-0.2, 0) is 11.3 Å². The highest BCUT2D eigenvalue weighted by atomic mass is 79.9. The van der Waals surface area contributed by atoms with Crippen molar-refractivity contribution >= 4 is 38.9 Å². The van der Waals surface area contributed by atoms with Crippen LogP contribution in [0.5, 0.6) is 0 Å². The molecule has 1 atom stereocenters. The molecule has 0 fully saturated rings. The van der Waals surface area contributed by atoms with E-state index in [2.05, 4.69) is 44.9 Å². The molecule has 0 spiro atoms. The Morgan fingerprint density at radius 2 is 2.05 bits per heavy atom. The predicted molar refractivity (Wildman–Crippen MR) is 92.6 cm³/mol. The number of rotatable bonds is 6. The summed E-state index contributed by atoms with van der Waals surface area (Å²) in [5.74, 6) is 0.0389. The lowest BCUT2D eigenvalue weighted by molar-refractivity contribution is -0.115. The minimum atomic E-state index is 0.0389. The Hall–Kier alpha value is -1.17. The number of anilines is 1. The second-order valence-electron chi connectivity index (χ2n) is 4.89. The minimum absolute atomic E-state index is 0.0389. The molecule has 0 saturated carbocycles. The third-order valence-electron chi connectivity index (χ3n) is 3.25. The minimum Gasteiger partial charge on any atom is -0.326 e. The van der Waals surface area contributed by atoms with Gasteiger partial charge in [0.1, 0.15) is 0 Å². The van der Waals surface area contributed by atoms with Crippen molar-refractivity contribution < 1.29 is 4.79 Å². The van der Waals surface area contributed by atoms with E-state index in [0.29, 0.717) is 6.42 Å². The van der Waals surface area contributed by atoms with Gasteiger partial charge in [0, 0.05) is 24.7 Å². The van der Waals surface area contributed by atoms with Crippen molar-refractivity contribution in [2.45, 2.75) is 32.9 Å². The van der Waals surface area contributed by atoms with Crippen molar-refractivity contribution in [1.29, 1.82) is 0 Å². The van der Waals surface area contributed by atoms with E-state index in [1.54, 1.807) is 11.3 Å². The largest absolute Gasteiger partial charge is 0.326 e. The summed E-state index contributed by atoms with van der Waals surface area (Å²) in [5.41, 5.74) is 3.34. The van der Waals surface area contributed by atoms with Gasteiger partial charge in [-0.2, -0.15) is 0 Å². The Bertz CT molecular complexity index is 595. The van der Waals surface area contributed by atoms with Crippen LogP contribution in [0.4, 0.5) is 5.69 Å². The Labute approximate surface area is 137 Å². The fourth-order valence-corrected chi connectivity index (χ4v) is 3.14. The molecule has 0 aliphatic rings. The SMILES string of the molecule is CCC(=O)Nc1ccc([C@@H](C)NCc2csc(Br)c2)cc1. The van der Waals surface area contributed by atoms with Crippen LogP contribution >= 0.6 is 27.3 Å². The zero-order valence-corrected chi connectivity index (χ0v) is 14.6. The van der Waals surface area contributed by atoms with Gasteiger partial charge in [-0.15, -0.1) is 11.3 Å². The van der Waals surface area contributed by atoms with E-state index in [1.165, 1.54) is 11.1 Å². The van der Waals surface area contributed by atoms with Crippen LogP contribution in [0.2, 0.25) is 0 Å². The third-order valence-corrected chi connectivity index (χ3v) is 4.80. The second-order valence-corrected chi connectivity index (χ2v) is 7.18. The number of halogens is 1. The summed E-state index contributed by atoms with van der Waals surface area (Å²) in [6, 6.07) is 10.4. The van der Waals surface area contributed by atoms with E-state index in [4.69, 9.17) is 0 Å². The van der Waals surface area contributed by atoms with Crippen LogP contribution in [0, 0.1) is 0 Å². The predicted octanol–water partition coefficient (Wildman–Crippen LogP) is 4.71. The molecule has 0 aliphatic carbocycles. The molecule has 2 aromatic rings. The van der Waals surface area contributed by atoms with Crippen molar-refractivity contribution in [3.63, 3.8) is 0 Å². The number of nitrogens with one attached hydrogen (secondary N) is 2. The van der Waals surface area contributed by atoms with Crippen molar-refractivity contribution in [3.05, 3.63) is 50.6 Å². The fraction of sp³-hybridized carbons (Fsp3) is 0.312. The molecular weight excluding hydrogens is 348 g/mol. The highest BCUT2D eigenvalue weighted by Crippen LogP contribution is 2.22. The van der Waals surface area contributed by atoms with Crippen LogP contribution < -0.4 is 10.6 Å². The van der Waals surface area contributed by atoms with Gasteiger partial charge in [-0.3, -0.25) is 4.79 Å². The van der Waals surface area contributed by atoms with Crippen LogP contribution in [0.15, 0.2) is 39.5 Å². The van der Waals surface area contributed by atoms with Crippen molar-refractivity contribution in [2.24, 2.45) is 0 Å². The smallest absolute Gasteiger partial charge is 0.224 e. The van der Waals surface area contributed by atoms with Gasteiger partial charge in [-0.25, -0.2) is 0 Å². The molecule has 0 unspecified atom stereocenters. The van der Waals surface area contributed by atoms with E-state index < -0.39 is 0 Å². The molecule has 2 N–H and O–H groups in total. The molecule has 1 heterocycles. The number of thiophene rings is 1. The van der Waals surface area contributed by atoms with E-state index in [-0.39, 0.29) is 11.9 Å². The van der Waals surface area contributed by atoms with Gasteiger partial charge in [0.15, 0.2) is 0 Å². The lowest BCUT2D eigenvalue weighted by atomic mass is 10.1. The summed E-state index contributed by atoms with van der Waals surface area (Å²) in [6.07, 6.45) is 0.496. The number of hydrogen-bond acceptors (Lipinski definition) is 3. The number of hydrogen-bond donors (Lipinski definition) is 2. The molecule has 1 amide bonds. The van der Waals surface area contributed by atoms with E-state index in [0.717, 1.165) is 16.0 Å². The maximum Gasteiger partial charge on any atom is 0.224 e. The summed E-state index contributed by atoms with van der Waals surface area (Å²) >= 11 is 5.17. The zero-order chi connectivity index (χ0) is 15.2. The van der Waals surface area contributed by atoms with Gasteiger partial charge in [0.25, 0.3) is 0 Å². The molecule has 5 heteroatoms. The molecule has 2 rings (SSSR count). The first-order valence-electron chi connectivity index (χ1n) is 6.94. The Morgan fingerprint density at radius 1 is 1.33 bits per heavy atom. The molecule has 1 aromatic heterocycles. The van der Waals surface area contributed by atoms with E-state index in [9.17, 15) is 4.79 Å². The van der Waals surface area contributed by atoms with Gasteiger partial charge in [0.2, 0.25) is 5.91 Å². The number of benzene rings is 1. The number of carbonyl (C=O) groups excluding carboxylic acids is 1. The summed E-state index contributed by atoms with van der Waals surface area (Å²) in [6.45, 7) is 4.83. The Balaban J connectivity index is 1.90. The molecule has 0 radical (unpaired) electrons. The molecule has 21 heavy (non-hydrogen) atoms. The van der Waals surface area contributed by atoms with Crippen LogP contribution in [0.25, 0.3) is 0 Å². The second kappa shape index (κ2) is 7.73. The van der Waals surface area contributed by atoms with Crippen LogP contribution in [0.3, 0.4) is 0 Å². The highest BCUT2D eigenvalue weighted by molar-refractivity contribution is 9.11. The normalized spacial score (nSPS) is 12.1. The molecule has 3 nitrogen and oxygen atoms in total. The zero-order valence-electron chi connectivity index (χ0n) is 12.2. The molecule has 0 aliphatic heterocycles. The van der Waals surface area contributed by atoms with Crippen molar-refractivity contribution in [2.75, 3.05) is 5.32 Å². The number of carbonyl (C=O) groups is 1. The summed E-state index contributed by atoms with van der Waals surface area (Å²) in [7, 11) is 0. The fourth-order valence-electron chi connectivity index (χ4n) is 1.93. The average molecular weight is 367 g/mol.